The molecule has 124 valence electrons. The van der Waals surface area contributed by atoms with E-state index < -0.39 is 0 Å². The average molecular weight is 409 g/mol. The van der Waals surface area contributed by atoms with Crippen LogP contribution in [0.25, 0.3) is 0 Å². The maximum Gasteiger partial charge on any atom is 0.191 e. The van der Waals surface area contributed by atoms with E-state index in [2.05, 4.69) is 22.5 Å². The average Bonchev–Trinajstić information content (AvgIpc) is 3.33. The van der Waals surface area contributed by atoms with E-state index in [1.54, 1.807) is 0 Å². The molecule has 4 nitrogen and oxygen atoms in total. The molecule has 2 saturated carbocycles. The molecule has 0 aromatic heterocycles. The molecule has 0 aromatic rings. The standard InChI is InChI=1S/C16H31N3O.HI/c1-2-17-16(18-10-3-5-14-6-7-14)19-11-4-12-20-13-15-8-9-15;/h14-15H,2-13H2,1H3,(H2,17,18,19);1H. The predicted molar refractivity (Wildman–Crippen MR) is 99.5 cm³/mol. The van der Waals surface area contributed by atoms with Gasteiger partial charge in [0.2, 0.25) is 0 Å². The summed E-state index contributed by atoms with van der Waals surface area (Å²) in [6, 6.07) is 0. The van der Waals surface area contributed by atoms with Gasteiger partial charge in [0.05, 0.1) is 0 Å². The Bertz CT molecular complexity index is 291. The van der Waals surface area contributed by atoms with E-state index in [0.29, 0.717) is 0 Å². The zero-order chi connectivity index (χ0) is 14.0. The number of rotatable bonds is 11. The highest BCUT2D eigenvalue weighted by Crippen LogP contribution is 2.33. The van der Waals surface area contributed by atoms with E-state index in [-0.39, 0.29) is 24.0 Å². The molecule has 0 spiro atoms. The van der Waals surface area contributed by atoms with Crippen LogP contribution in [0.15, 0.2) is 4.99 Å². The number of ether oxygens (including phenoxy) is 1. The summed E-state index contributed by atoms with van der Waals surface area (Å²) in [6.45, 7) is 6.74. The predicted octanol–water partition coefficient (Wildman–Crippen LogP) is 3.17. The summed E-state index contributed by atoms with van der Waals surface area (Å²) in [4.78, 5) is 4.59. The summed E-state index contributed by atoms with van der Waals surface area (Å²) in [5, 5.41) is 6.72. The lowest BCUT2D eigenvalue weighted by Gasteiger charge is -2.11. The van der Waals surface area contributed by atoms with Crippen LogP contribution in [-0.4, -0.2) is 38.8 Å². The minimum Gasteiger partial charge on any atom is -0.381 e. The van der Waals surface area contributed by atoms with Gasteiger partial charge in [0.15, 0.2) is 5.96 Å². The molecule has 0 aliphatic heterocycles. The molecule has 0 unspecified atom stereocenters. The first-order chi connectivity index (χ1) is 9.88. The van der Waals surface area contributed by atoms with Crippen LogP contribution in [0.2, 0.25) is 0 Å². The van der Waals surface area contributed by atoms with Crippen molar-refractivity contribution in [3.8, 4) is 0 Å². The molecule has 5 heteroatoms. The Hall–Kier alpha value is -0.0400. The fourth-order valence-electron chi connectivity index (χ4n) is 2.24. The monoisotopic (exact) mass is 409 g/mol. The molecular weight excluding hydrogens is 377 g/mol. The molecule has 0 amide bonds. The van der Waals surface area contributed by atoms with Crippen molar-refractivity contribution >= 4 is 29.9 Å². The van der Waals surface area contributed by atoms with E-state index >= 15 is 0 Å². The quantitative estimate of drug-likeness (QED) is 0.239. The Labute approximate surface area is 146 Å². The number of hydrogen-bond acceptors (Lipinski definition) is 2. The summed E-state index contributed by atoms with van der Waals surface area (Å²) in [7, 11) is 0. The molecule has 0 saturated heterocycles. The number of halogens is 1. The fourth-order valence-corrected chi connectivity index (χ4v) is 2.24. The van der Waals surface area contributed by atoms with Gasteiger partial charge >= 0.3 is 0 Å². The van der Waals surface area contributed by atoms with Crippen molar-refractivity contribution in [3.63, 3.8) is 0 Å². The van der Waals surface area contributed by atoms with E-state index in [1.807, 2.05) is 0 Å². The molecule has 21 heavy (non-hydrogen) atoms. The Kier molecular flexibility index (Phi) is 10.4. The maximum absolute atomic E-state index is 5.62. The lowest BCUT2D eigenvalue weighted by atomic mass is 10.2. The second kappa shape index (κ2) is 11.5. The Morgan fingerprint density at radius 2 is 1.86 bits per heavy atom. The molecule has 2 aliphatic carbocycles. The van der Waals surface area contributed by atoms with Crippen molar-refractivity contribution in [1.82, 2.24) is 10.6 Å². The first kappa shape index (κ1) is 19.0. The van der Waals surface area contributed by atoms with Crippen molar-refractivity contribution in [2.24, 2.45) is 16.8 Å². The number of nitrogens with one attached hydrogen (secondary N) is 2. The topological polar surface area (TPSA) is 45.7 Å². The van der Waals surface area contributed by atoms with Crippen LogP contribution in [0.4, 0.5) is 0 Å². The van der Waals surface area contributed by atoms with Gasteiger partial charge in [-0.1, -0.05) is 12.8 Å². The first-order valence-electron chi connectivity index (χ1n) is 8.48. The Balaban J connectivity index is 0.00000220. The van der Waals surface area contributed by atoms with Gasteiger partial charge in [0.1, 0.15) is 0 Å². The van der Waals surface area contributed by atoms with Gasteiger partial charge in [-0.2, -0.15) is 0 Å². The Morgan fingerprint density at radius 1 is 1.10 bits per heavy atom. The van der Waals surface area contributed by atoms with Crippen LogP contribution in [0.1, 0.15) is 51.9 Å². The van der Waals surface area contributed by atoms with Gasteiger partial charge in [-0.25, -0.2) is 0 Å². The summed E-state index contributed by atoms with van der Waals surface area (Å²) >= 11 is 0. The number of aliphatic imine (C=N–C) groups is 1. The molecule has 0 heterocycles. The van der Waals surface area contributed by atoms with Gasteiger partial charge in [0.25, 0.3) is 0 Å². The lowest BCUT2D eigenvalue weighted by molar-refractivity contribution is 0.123. The van der Waals surface area contributed by atoms with Crippen LogP contribution < -0.4 is 10.6 Å². The van der Waals surface area contributed by atoms with E-state index in [9.17, 15) is 0 Å². The van der Waals surface area contributed by atoms with Crippen molar-refractivity contribution in [1.29, 1.82) is 0 Å². The summed E-state index contributed by atoms with van der Waals surface area (Å²) in [6.07, 6.45) is 9.30. The third-order valence-corrected chi connectivity index (χ3v) is 3.89. The largest absolute Gasteiger partial charge is 0.381 e. The third-order valence-electron chi connectivity index (χ3n) is 3.89. The summed E-state index contributed by atoms with van der Waals surface area (Å²) in [5.74, 6) is 2.86. The minimum absolute atomic E-state index is 0. The molecule has 0 atom stereocenters. The number of nitrogens with zero attached hydrogens (tertiary/aromatic N) is 1. The lowest BCUT2D eigenvalue weighted by Crippen LogP contribution is -2.37. The Morgan fingerprint density at radius 3 is 2.52 bits per heavy atom. The van der Waals surface area contributed by atoms with Crippen molar-refractivity contribution in [2.45, 2.75) is 51.9 Å². The highest BCUT2D eigenvalue weighted by molar-refractivity contribution is 14.0. The van der Waals surface area contributed by atoms with Gasteiger partial charge in [-0.05, 0) is 50.9 Å². The smallest absolute Gasteiger partial charge is 0.191 e. The fraction of sp³-hybridized carbons (Fsp3) is 0.938. The van der Waals surface area contributed by atoms with Crippen LogP contribution in [0.3, 0.4) is 0 Å². The first-order valence-corrected chi connectivity index (χ1v) is 8.48. The summed E-state index contributed by atoms with van der Waals surface area (Å²) in [5.41, 5.74) is 0. The zero-order valence-corrected chi connectivity index (χ0v) is 15.7. The van der Waals surface area contributed by atoms with Gasteiger partial charge in [-0.3, -0.25) is 4.99 Å². The van der Waals surface area contributed by atoms with E-state index in [1.165, 1.54) is 38.5 Å². The molecule has 0 bridgehead atoms. The molecule has 2 fully saturated rings. The normalized spacial score (nSPS) is 18.2. The zero-order valence-electron chi connectivity index (χ0n) is 13.4. The van der Waals surface area contributed by atoms with Crippen molar-refractivity contribution in [2.75, 3.05) is 32.8 Å². The van der Waals surface area contributed by atoms with E-state index in [4.69, 9.17) is 4.74 Å². The maximum atomic E-state index is 5.62. The molecule has 2 aliphatic rings. The van der Waals surface area contributed by atoms with Gasteiger partial charge in [-0.15, -0.1) is 24.0 Å². The molecular formula is C16H32IN3O. The van der Waals surface area contributed by atoms with Crippen LogP contribution >= 0.6 is 24.0 Å². The van der Waals surface area contributed by atoms with Crippen LogP contribution in [0.5, 0.6) is 0 Å². The molecule has 0 radical (unpaired) electrons. The second-order valence-electron chi connectivity index (χ2n) is 6.14. The molecule has 0 aromatic carbocycles. The molecule has 2 N–H and O–H groups in total. The van der Waals surface area contributed by atoms with Crippen molar-refractivity contribution < 1.29 is 4.74 Å². The van der Waals surface area contributed by atoms with E-state index in [0.717, 1.165) is 57.1 Å². The second-order valence-corrected chi connectivity index (χ2v) is 6.14. The highest BCUT2D eigenvalue weighted by Gasteiger charge is 2.21. The highest BCUT2D eigenvalue weighted by atomic mass is 127. The number of guanidine groups is 1. The van der Waals surface area contributed by atoms with Crippen LogP contribution in [-0.2, 0) is 4.74 Å². The molecule has 2 rings (SSSR count). The summed E-state index contributed by atoms with van der Waals surface area (Å²) < 4.78 is 5.62. The van der Waals surface area contributed by atoms with Gasteiger partial charge in [0, 0.05) is 32.8 Å². The number of hydrogen-bond donors (Lipinski definition) is 2. The van der Waals surface area contributed by atoms with Crippen molar-refractivity contribution in [3.05, 3.63) is 0 Å². The SMILES string of the molecule is CCNC(=NCCCOCC1CC1)NCCCC1CC1.I. The van der Waals surface area contributed by atoms with Gasteiger partial charge < -0.3 is 15.4 Å². The third kappa shape index (κ3) is 10.3. The van der Waals surface area contributed by atoms with Crippen LogP contribution in [0, 0.1) is 11.8 Å². The minimum atomic E-state index is 0.